The molecule has 0 radical (unpaired) electrons. The predicted octanol–water partition coefficient (Wildman–Crippen LogP) is 3.71. The Hall–Kier alpha value is -1.66. The molecule has 0 spiro atoms. The summed E-state index contributed by atoms with van der Waals surface area (Å²) in [5.74, 6) is -0.430. The zero-order valence-electron chi connectivity index (χ0n) is 15.1. The van der Waals surface area contributed by atoms with Gasteiger partial charge in [0, 0.05) is 11.1 Å². The van der Waals surface area contributed by atoms with Gasteiger partial charge in [-0.05, 0) is 52.5 Å². The number of alkyl carbamates (subject to hydrolysis) is 1. The standard InChI is InChI=1S/C19H28FNO4/c1-19(2,3)21-18(23)25-14-10-8-13(9-11-14)24-12-17(22)15-6-4-5-7-16(15)20/h4-7,13-14,17,22H,8-12H2,1-3H3,(H,21,23). The second-order valence-corrected chi connectivity index (χ2v) is 7.55. The first-order valence-corrected chi connectivity index (χ1v) is 8.77. The Balaban J connectivity index is 1.70. The number of carbonyl (C=O) groups is 1. The van der Waals surface area contributed by atoms with Crippen molar-refractivity contribution in [3.8, 4) is 0 Å². The van der Waals surface area contributed by atoms with E-state index in [0.29, 0.717) is 0 Å². The molecule has 1 saturated carbocycles. The number of ether oxygens (including phenoxy) is 2. The quantitative estimate of drug-likeness (QED) is 0.847. The number of hydrogen-bond acceptors (Lipinski definition) is 4. The zero-order chi connectivity index (χ0) is 18.4. The third kappa shape index (κ3) is 6.63. The summed E-state index contributed by atoms with van der Waals surface area (Å²) < 4.78 is 24.8. The predicted molar refractivity (Wildman–Crippen MR) is 92.7 cm³/mol. The highest BCUT2D eigenvalue weighted by molar-refractivity contribution is 5.68. The summed E-state index contributed by atoms with van der Waals surface area (Å²) in [5.41, 5.74) is -0.0707. The Kier molecular flexibility index (Phi) is 6.79. The number of halogens is 1. The number of benzene rings is 1. The van der Waals surface area contributed by atoms with Crippen LogP contribution in [0, 0.1) is 5.82 Å². The fraction of sp³-hybridized carbons (Fsp3) is 0.632. The molecular formula is C19H28FNO4. The molecule has 0 bridgehead atoms. The Morgan fingerprint density at radius 3 is 2.44 bits per heavy atom. The fourth-order valence-electron chi connectivity index (χ4n) is 2.87. The lowest BCUT2D eigenvalue weighted by molar-refractivity contribution is -0.0437. The van der Waals surface area contributed by atoms with Gasteiger partial charge < -0.3 is 19.9 Å². The number of aliphatic hydroxyl groups is 1. The number of rotatable bonds is 5. The molecule has 0 aromatic heterocycles. The second kappa shape index (κ2) is 8.63. The van der Waals surface area contributed by atoms with Crippen LogP contribution in [0.25, 0.3) is 0 Å². The van der Waals surface area contributed by atoms with Crippen LogP contribution in [0.15, 0.2) is 24.3 Å². The van der Waals surface area contributed by atoms with E-state index in [1.807, 2.05) is 20.8 Å². The third-order valence-corrected chi connectivity index (χ3v) is 4.13. The molecule has 25 heavy (non-hydrogen) atoms. The molecule has 1 unspecified atom stereocenters. The maximum absolute atomic E-state index is 13.6. The van der Waals surface area contributed by atoms with E-state index < -0.39 is 18.0 Å². The Morgan fingerprint density at radius 1 is 1.24 bits per heavy atom. The summed E-state index contributed by atoms with van der Waals surface area (Å²) in [6.45, 7) is 5.77. The molecule has 1 aliphatic carbocycles. The van der Waals surface area contributed by atoms with Crippen molar-refractivity contribution < 1.29 is 23.8 Å². The molecule has 1 fully saturated rings. The van der Waals surface area contributed by atoms with Gasteiger partial charge in [-0.2, -0.15) is 0 Å². The Labute approximate surface area is 148 Å². The molecule has 0 heterocycles. The summed E-state index contributed by atoms with van der Waals surface area (Å²) in [5, 5.41) is 12.8. The van der Waals surface area contributed by atoms with Gasteiger partial charge in [-0.3, -0.25) is 0 Å². The third-order valence-electron chi connectivity index (χ3n) is 4.13. The van der Waals surface area contributed by atoms with Crippen LogP contribution in [0.1, 0.15) is 58.1 Å². The fourth-order valence-corrected chi connectivity index (χ4v) is 2.87. The Morgan fingerprint density at radius 2 is 1.84 bits per heavy atom. The van der Waals surface area contributed by atoms with Gasteiger partial charge in [0.05, 0.1) is 12.7 Å². The zero-order valence-corrected chi connectivity index (χ0v) is 15.1. The van der Waals surface area contributed by atoms with Gasteiger partial charge in [0.1, 0.15) is 18.0 Å². The first kappa shape index (κ1) is 19.7. The number of amides is 1. The molecule has 2 rings (SSSR count). The molecule has 1 aliphatic rings. The van der Waals surface area contributed by atoms with Crippen LogP contribution in [-0.4, -0.2) is 35.6 Å². The van der Waals surface area contributed by atoms with Crippen LogP contribution in [-0.2, 0) is 9.47 Å². The molecule has 2 N–H and O–H groups in total. The van der Waals surface area contributed by atoms with Crippen LogP contribution in [0.2, 0.25) is 0 Å². The van der Waals surface area contributed by atoms with E-state index in [0.717, 1.165) is 25.7 Å². The van der Waals surface area contributed by atoms with E-state index in [9.17, 15) is 14.3 Å². The Bertz CT molecular complexity index is 565. The number of aliphatic hydroxyl groups excluding tert-OH is 1. The molecule has 140 valence electrons. The van der Waals surface area contributed by atoms with Gasteiger partial charge in [0.15, 0.2) is 0 Å². The maximum atomic E-state index is 13.6. The summed E-state index contributed by atoms with van der Waals surface area (Å²) in [7, 11) is 0. The minimum Gasteiger partial charge on any atom is -0.446 e. The topological polar surface area (TPSA) is 67.8 Å². The average Bonchev–Trinajstić information content (AvgIpc) is 2.52. The lowest BCUT2D eigenvalue weighted by atomic mass is 9.95. The molecule has 0 aliphatic heterocycles. The van der Waals surface area contributed by atoms with Crippen molar-refractivity contribution in [3.63, 3.8) is 0 Å². The van der Waals surface area contributed by atoms with E-state index >= 15 is 0 Å². The summed E-state index contributed by atoms with van der Waals surface area (Å²) in [4.78, 5) is 11.8. The minimum atomic E-state index is -0.979. The molecule has 0 saturated heterocycles. The van der Waals surface area contributed by atoms with Crippen molar-refractivity contribution >= 4 is 6.09 Å². The summed E-state index contributed by atoms with van der Waals surface area (Å²) in [6.07, 6.45) is 1.44. The number of hydrogen-bond donors (Lipinski definition) is 2. The molecule has 1 aromatic rings. The van der Waals surface area contributed by atoms with Gasteiger partial charge in [0.2, 0.25) is 0 Å². The first-order chi connectivity index (χ1) is 11.7. The van der Waals surface area contributed by atoms with Crippen molar-refractivity contribution in [3.05, 3.63) is 35.6 Å². The second-order valence-electron chi connectivity index (χ2n) is 7.55. The summed E-state index contributed by atoms with van der Waals surface area (Å²) in [6, 6.07) is 6.15. The minimum absolute atomic E-state index is 0.00745. The van der Waals surface area contributed by atoms with Gasteiger partial charge in [0.25, 0.3) is 0 Å². The van der Waals surface area contributed by atoms with Crippen LogP contribution in [0.3, 0.4) is 0 Å². The van der Waals surface area contributed by atoms with Crippen LogP contribution in [0.5, 0.6) is 0 Å². The van der Waals surface area contributed by atoms with Gasteiger partial charge in [-0.15, -0.1) is 0 Å². The van der Waals surface area contributed by atoms with E-state index in [1.165, 1.54) is 6.07 Å². The molecule has 5 nitrogen and oxygen atoms in total. The molecule has 6 heteroatoms. The van der Waals surface area contributed by atoms with Crippen LogP contribution in [0.4, 0.5) is 9.18 Å². The highest BCUT2D eigenvalue weighted by Gasteiger charge is 2.26. The maximum Gasteiger partial charge on any atom is 0.407 e. The highest BCUT2D eigenvalue weighted by atomic mass is 19.1. The van der Waals surface area contributed by atoms with Gasteiger partial charge in [-0.1, -0.05) is 18.2 Å². The van der Waals surface area contributed by atoms with E-state index in [1.54, 1.807) is 18.2 Å². The van der Waals surface area contributed by atoms with Gasteiger partial charge in [-0.25, -0.2) is 9.18 Å². The van der Waals surface area contributed by atoms with Crippen LogP contribution < -0.4 is 5.32 Å². The smallest absolute Gasteiger partial charge is 0.407 e. The van der Waals surface area contributed by atoms with Crippen molar-refractivity contribution in [2.45, 2.75) is 70.3 Å². The van der Waals surface area contributed by atoms with Crippen LogP contribution >= 0.6 is 0 Å². The van der Waals surface area contributed by atoms with E-state index in [4.69, 9.17) is 9.47 Å². The highest BCUT2D eigenvalue weighted by Crippen LogP contribution is 2.25. The monoisotopic (exact) mass is 353 g/mol. The summed E-state index contributed by atoms with van der Waals surface area (Å²) >= 11 is 0. The molecular weight excluding hydrogens is 325 g/mol. The van der Waals surface area contributed by atoms with Gasteiger partial charge >= 0.3 is 6.09 Å². The molecule has 1 aromatic carbocycles. The molecule has 1 atom stereocenters. The molecule has 1 amide bonds. The average molecular weight is 353 g/mol. The number of carbonyl (C=O) groups excluding carboxylic acids is 1. The normalized spacial score (nSPS) is 22.3. The lowest BCUT2D eigenvalue weighted by Gasteiger charge is -2.30. The largest absolute Gasteiger partial charge is 0.446 e. The van der Waals surface area contributed by atoms with E-state index in [-0.39, 0.29) is 29.9 Å². The SMILES string of the molecule is CC(C)(C)NC(=O)OC1CCC(OCC(O)c2ccccc2F)CC1. The number of nitrogens with one attached hydrogen (secondary N) is 1. The van der Waals surface area contributed by atoms with Crippen molar-refractivity contribution in [1.82, 2.24) is 5.32 Å². The van der Waals surface area contributed by atoms with Crippen molar-refractivity contribution in [2.75, 3.05) is 6.61 Å². The van der Waals surface area contributed by atoms with Crippen molar-refractivity contribution in [2.24, 2.45) is 0 Å². The van der Waals surface area contributed by atoms with Crippen molar-refractivity contribution in [1.29, 1.82) is 0 Å². The lowest BCUT2D eigenvalue weighted by Crippen LogP contribution is -2.43. The first-order valence-electron chi connectivity index (χ1n) is 8.77. The van der Waals surface area contributed by atoms with E-state index in [2.05, 4.69) is 5.32 Å².